The highest BCUT2D eigenvalue weighted by molar-refractivity contribution is 6.12. The van der Waals surface area contributed by atoms with Crippen LogP contribution in [0.25, 0.3) is 199 Å². The van der Waals surface area contributed by atoms with Gasteiger partial charge in [-0.05, 0) is 244 Å². The van der Waals surface area contributed by atoms with Gasteiger partial charge in [0.15, 0.2) is 0 Å². The van der Waals surface area contributed by atoms with Gasteiger partial charge in [-0.3, -0.25) is 0 Å². The fourth-order valence-electron chi connectivity index (χ4n) is 20.9. The lowest BCUT2D eigenvalue weighted by molar-refractivity contribution is 0.660. The summed E-state index contributed by atoms with van der Waals surface area (Å²) in [6.07, 6.45) is 0. The second kappa shape index (κ2) is 31.0. The van der Waals surface area contributed by atoms with Gasteiger partial charge in [-0.1, -0.05) is 355 Å². The molecule has 0 atom stereocenters. The van der Waals surface area contributed by atoms with Crippen LogP contribution >= 0.6 is 0 Å². The smallest absolute Gasteiger partial charge is 0.143 e. The van der Waals surface area contributed by atoms with E-state index in [0.717, 1.165) is 178 Å². The van der Waals surface area contributed by atoms with Crippen molar-refractivity contribution >= 4 is 122 Å². The number of nitrogens with zero attached hydrogens (tertiary/aromatic N) is 2. The number of furan rings is 4. The van der Waals surface area contributed by atoms with Crippen LogP contribution in [-0.4, -0.2) is 0 Å². The van der Waals surface area contributed by atoms with E-state index in [9.17, 15) is 0 Å². The molecule has 26 rings (SSSR count). The van der Waals surface area contributed by atoms with Gasteiger partial charge >= 0.3 is 0 Å². The summed E-state index contributed by atoms with van der Waals surface area (Å²) in [7, 11) is 0. The van der Waals surface area contributed by atoms with E-state index in [1.54, 1.807) is 0 Å². The summed E-state index contributed by atoms with van der Waals surface area (Å²) in [5.74, 6) is 0. The van der Waals surface area contributed by atoms with Crippen molar-refractivity contribution in [2.45, 2.75) is 38.5 Å². The van der Waals surface area contributed by atoms with Crippen LogP contribution in [-0.2, 0) is 10.8 Å². The van der Waals surface area contributed by atoms with Crippen molar-refractivity contribution in [3.63, 3.8) is 0 Å². The Bertz CT molecular complexity index is 8640. The van der Waals surface area contributed by atoms with Gasteiger partial charge in [0.1, 0.15) is 44.7 Å². The van der Waals surface area contributed by atoms with E-state index < -0.39 is 0 Å². The molecule has 2 aliphatic carbocycles. The number of hydrogen-bond donors (Lipinski definition) is 0. The molecule has 0 aliphatic heterocycles. The molecule has 0 saturated carbocycles. The molecule has 4 aromatic heterocycles. The summed E-state index contributed by atoms with van der Waals surface area (Å²) < 4.78 is 25.0. The molecular weight excluding hydrogens is 1610 g/mol. The van der Waals surface area contributed by atoms with E-state index in [0.29, 0.717) is 0 Å². The maximum absolute atomic E-state index is 6.37. The van der Waals surface area contributed by atoms with Crippen molar-refractivity contribution in [3.05, 3.63) is 471 Å². The van der Waals surface area contributed by atoms with Crippen molar-refractivity contribution in [3.8, 4) is 111 Å². The minimum Gasteiger partial charge on any atom is -0.456 e. The standard InChI is InChI=1S/2C63H43NO2/c1-63(2)57-15-6-3-10-51(57)52-36-35-49(39-58(52)63)64(47-31-26-42(27-32-47)40-18-20-44(21-19-40)46-30-37-61-56(38-46)54-12-5-7-16-59(54)65-61)48-33-28-43(29-34-48)41-22-24-45(25-23-41)50-13-9-14-55-53-11-4-8-17-60(53)66-62(50)55;1-63(2)57-15-6-3-10-51(57)52-37-35-49(39-58(52)63)64(47-31-26-42(27-32-47)40-18-20-44(21-19-40)46-30-36-55-53-11-4-7-16-59(53)65-61(55)38-46)48-33-28-43(29-34-48)41-22-24-45(25-23-41)50-13-9-14-56-54-12-5-8-17-60(54)66-62(50)56/h2*3-39H,1-2H3. The van der Waals surface area contributed by atoms with Crippen molar-refractivity contribution in [1.29, 1.82) is 0 Å². The number of hydrogen-bond acceptors (Lipinski definition) is 6. The Kier molecular flexibility index (Phi) is 18.2. The normalized spacial score (nSPS) is 12.8. The first kappa shape index (κ1) is 77.5. The quantitative estimate of drug-likeness (QED) is 0.108. The molecule has 0 bridgehead atoms. The molecule has 0 N–H and O–H groups in total. The lowest BCUT2D eigenvalue weighted by Gasteiger charge is -2.28. The number of rotatable bonds is 14. The average molecular weight is 1690 g/mol. The van der Waals surface area contributed by atoms with Crippen molar-refractivity contribution in [2.24, 2.45) is 0 Å². The zero-order valence-corrected chi connectivity index (χ0v) is 73.3. The summed E-state index contributed by atoms with van der Waals surface area (Å²) in [6.45, 7) is 9.39. The maximum Gasteiger partial charge on any atom is 0.143 e. The second-order valence-corrected chi connectivity index (χ2v) is 36.1. The Hall–Kier alpha value is -16.8. The minimum atomic E-state index is -0.118. The molecule has 20 aromatic carbocycles. The van der Waals surface area contributed by atoms with Crippen LogP contribution in [0.1, 0.15) is 49.9 Å². The predicted molar refractivity (Wildman–Crippen MR) is 550 cm³/mol. The number of para-hydroxylation sites is 6. The van der Waals surface area contributed by atoms with Gasteiger partial charge in [-0.15, -0.1) is 0 Å². The van der Waals surface area contributed by atoms with Crippen LogP contribution in [0.4, 0.5) is 34.1 Å². The Morgan fingerprint density at radius 2 is 0.402 bits per heavy atom. The van der Waals surface area contributed by atoms with Gasteiger partial charge in [0, 0.05) is 99.2 Å². The average Bonchev–Trinajstić information content (AvgIpc) is 1.57. The molecule has 4 heterocycles. The highest BCUT2D eigenvalue weighted by atomic mass is 16.3. The topological polar surface area (TPSA) is 59.0 Å². The molecule has 0 unspecified atom stereocenters. The van der Waals surface area contributed by atoms with Crippen molar-refractivity contribution < 1.29 is 17.7 Å². The van der Waals surface area contributed by atoms with Crippen LogP contribution in [0.15, 0.2) is 467 Å². The largest absolute Gasteiger partial charge is 0.456 e. The molecule has 6 heteroatoms. The van der Waals surface area contributed by atoms with Gasteiger partial charge in [-0.2, -0.15) is 0 Å². The van der Waals surface area contributed by atoms with E-state index in [-0.39, 0.29) is 10.8 Å². The van der Waals surface area contributed by atoms with Crippen LogP contribution in [0.3, 0.4) is 0 Å². The van der Waals surface area contributed by atoms with Crippen LogP contribution < -0.4 is 9.80 Å². The van der Waals surface area contributed by atoms with Gasteiger partial charge < -0.3 is 27.5 Å². The molecule has 2 aliphatic rings. The second-order valence-electron chi connectivity index (χ2n) is 36.1. The lowest BCUT2D eigenvalue weighted by atomic mass is 9.82. The molecule has 132 heavy (non-hydrogen) atoms. The fourth-order valence-corrected chi connectivity index (χ4v) is 20.9. The Balaban J connectivity index is 0.000000142. The van der Waals surface area contributed by atoms with E-state index in [2.05, 4.69) is 438 Å². The molecule has 6 nitrogen and oxygen atoms in total. The fraction of sp³-hybridized carbons (Fsp3) is 0.0476. The summed E-state index contributed by atoms with van der Waals surface area (Å²) in [6, 6.07) is 162. The zero-order chi connectivity index (χ0) is 87.9. The van der Waals surface area contributed by atoms with Crippen LogP contribution in [0, 0.1) is 0 Å². The molecular formula is C126H86N2O4. The van der Waals surface area contributed by atoms with Crippen LogP contribution in [0.2, 0.25) is 0 Å². The van der Waals surface area contributed by atoms with E-state index in [1.165, 1.54) is 77.9 Å². The zero-order valence-electron chi connectivity index (χ0n) is 73.3. The van der Waals surface area contributed by atoms with Crippen LogP contribution in [0.5, 0.6) is 0 Å². The number of fused-ring (bicyclic) bond motifs is 18. The molecule has 0 amide bonds. The molecule has 0 fully saturated rings. The van der Waals surface area contributed by atoms with Crippen molar-refractivity contribution in [1.82, 2.24) is 0 Å². The minimum absolute atomic E-state index is 0.117. The van der Waals surface area contributed by atoms with Gasteiger partial charge in [-0.25, -0.2) is 0 Å². The van der Waals surface area contributed by atoms with E-state index >= 15 is 0 Å². The third-order valence-electron chi connectivity index (χ3n) is 27.9. The molecule has 0 spiro atoms. The van der Waals surface area contributed by atoms with Gasteiger partial charge in [0.05, 0.1) is 0 Å². The Labute approximate surface area is 765 Å². The third kappa shape index (κ3) is 13.1. The third-order valence-corrected chi connectivity index (χ3v) is 27.9. The summed E-state index contributed by atoms with van der Waals surface area (Å²) in [5, 5.41) is 9.14. The van der Waals surface area contributed by atoms with Crippen molar-refractivity contribution in [2.75, 3.05) is 9.80 Å². The maximum atomic E-state index is 6.37. The van der Waals surface area contributed by atoms with E-state index in [4.69, 9.17) is 17.7 Å². The van der Waals surface area contributed by atoms with Gasteiger partial charge in [0.25, 0.3) is 0 Å². The first-order chi connectivity index (χ1) is 64.9. The van der Waals surface area contributed by atoms with Gasteiger partial charge in [0.2, 0.25) is 0 Å². The highest BCUT2D eigenvalue weighted by Crippen LogP contribution is 2.54. The summed E-state index contributed by atoms with van der Waals surface area (Å²) >= 11 is 0. The first-order valence-electron chi connectivity index (χ1n) is 45.4. The number of benzene rings is 20. The number of anilines is 6. The first-order valence-corrected chi connectivity index (χ1v) is 45.4. The summed E-state index contributed by atoms with van der Waals surface area (Å²) in [5.41, 5.74) is 42.9. The lowest BCUT2D eigenvalue weighted by Crippen LogP contribution is -2.16. The Morgan fingerprint density at radius 3 is 0.795 bits per heavy atom. The predicted octanol–water partition coefficient (Wildman–Crippen LogP) is 35.9. The molecule has 24 aromatic rings. The monoisotopic (exact) mass is 1690 g/mol. The molecule has 0 radical (unpaired) electrons. The molecule has 0 saturated heterocycles. The SMILES string of the molecule is CC1(C)c2ccccc2-c2ccc(N(c3ccc(-c4ccc(-c5ccc6c(c5)oc5ccccc56)cc4)cc3)c3ccc(-c4ccc(-c5cccc6c5oc5ccccc56)cc4)cc3)cc21.CC1(C)c2ccccc2-c2ccc(N(c3ccc(-c4ccc(-c5ccc6oc7ccccc7c6c5)cc4)cc3)c3ccc(-c4ccc(-c5cccc6c5oc5ccccc56)cc4)cc3)cc21. The summed E-state index contributed by atoms with van der Waals surface area (Å²) in [4.78, 5) is 4.78. The molecule has 624 valence electrons. The Morgan fingerprint density at radius 1 is 0.152 bits per heavy atom. The highest BCUT2D eigenvalue weighted by Gasteiger charge is 2.38. The van der Waals surface area contributed by atoms with E-state index in [1.807, 2.05) is 48.5 Å².